The average molecular weight is 807 g/mol. The van der Waals surface area contributed by atoms with E-state index in [1.165, 1.54) is 64.7 Å². The lowest BCUT2D eigenvalue weighted by molar-refractivity contribution is 0.768. The Morgan fingerprint density at radius 2 is 0.855 bits per heavy atom. The van der Waals surface area contributed by atoms with Crippen molar-refractivity contribution in [2.75, 3.05) is 0 Å². The van der Waals surface area contributed by atoms with Crippen molar-refractivity contribution in [3.05, 3.63) is 253 Å². The van der Waals surface area contributed by atoms with Gasteiger partial charge in [-0.2, -0.15) is 0 Å². The molecule has 0 atom stereocenters. The summed E-state index contributed by atoms with van der Waals surface area (Å²) < 4.78 is 2.64. The number of rotatable bonds is 7. The van der Waals surface area contributed by atoms with Crippen LogP contribution in [0.2, 0.25) is 0 Å². The summed E-state index contributed by atoms with van der Waals surface area (Å²) in [6.07, 6.45) is 0. The van der Waals surface area contributed by atoms with E-state index in [1.54, 1.807) is 0 Å². The largest absolute Gasteiger partial charge is 0.228 e. The Bertz CT molecular complexity index is 3400. The third kappa shape index (κ3) is 5.85. The van der Waals surface area contributed by atoms with Crippen molar-refractivity contribution in [3.8, 4) is 67.3 Å². The summed E-state index contributed by atoms with van der Waals surface area (Å²) in [7, 11) is 0. The van der Waals surface area contributed by atoms with Gasteiger partial charge in [-0.1, -0.05) is 200 Å². The maximum Gasteiger partial charge on any atom is 0.160 e. The molecule has 0 saturated carbocycles. The van der Waals surface area contributed by atoms with Crippen molar-refractivity contribution in [2.45, 2.75) is 5.41 Å². The molecule has 2 heterocycles. The lowest BCUT2D eigenvalue weighted by atomic mass is 9.67. The fourth-order valence-electron chi connectivity index (χ4n) is 9.78. The molecule has 290 valence electrons. The zero-order chi connectivity index (χ0) is 41.0. The predicted molar refractivity (Wildman–Crippen MR) is 259 cm³/mol. The first-order chi connectivity index (χ1) is 30.7. The second-order valence-electron chi connectivity index (χ2n) is 16.1. The summed E-state index contributed by atoms with van der Waals surface area (Å²) in [5, 5.41) is 2.64. The molecule has 0 fully saturated rings. The van der Waals surface area contributed by atoms with Gasteiger partial charge < -0.3 is 0 Å². The molecule has 9 aromatic carbocycles. The minimum Gasteiger partial charge on any atom is -0.228 e. The highest BCUT2D eigenvalue weighted by Gasteiger charge is 2.46. The van der Waals surface area contributed by atoms with E-state index < -0.39 is 5.41 Å². The van der Waals surface area contributed by atoms with Crippen molar-refractivity contribution in [1.82, 2.24) is 9.97 Å². The first-order valence-electron chi connectivity index (χ1n) is 21.1. The summed E-state index contributed by atoms with van der Waals surface area (Å²) in [5.74, 6) is 0.698. The van der Waals surface area contributed by atoms with Gasteiger partial charge in [-0.25, -0.2) is 9.97 Å². The third-order valence-corrected chi connectivity index (χ3v) is 13.7. The molecule has 2 aromatic heterocycles. The topological polar surface area (TPSA) is 25.8 Å². The minimum absolute atomic E-state index is 0.504. The van der Waals surface area contributed by atoms with E-state index in [0.29, 0.717) is 5.82 Å². The molecule has 0 aliphatic heterocycles. The van der Waals surface area contributed by atoms with E-state index in [1.807, 2.05) is 17.4 Å². The molecule has 12 rings (SSSR count). The van der Waals surface area contributed by atoms with Gasteiger partial charge in [0.2, 0.25) is 0 Å². The molecule has 0 unspecified atom stereocenters. The summed E-state index contributed by atoms with van der Waals surface area (Å²) in [4.78, 5) is 10.6. The van der Waals surface area contributed by atoms with Crippen LogP contribution in [-0.4, -0.2) is 9.97 Å². The Hall–Kier alpha value is -7.72. The Morgan fingerprint density at radius 3 is 1.61 bits per heavy atom. The molecule has 2 nitrogen and oxygen atoms in total. The smallest absolute Gasteiger partial charge is 0.160 e. The summed E-state index contributed by atoms with van der Waals surface area (Å²) >= 11 is 1.86. The van der Waals surface area contributed by atoms with Gasteiger partial charge in [0.25, 0.3) is 0 Å². The molecule has 0 radical (unpaired) electrons. The number of benzene rings is 9. The number of hydrogen-bond acceptors (Lipinski definition) is 3. The van der Waals surface area contributed by atoms with E-state index in [4.69, 9.17) is 9.97 Å². The van der Waals surface area contributed by atoms with E-state index in [2.05, 4.69) is 224 Å². The van der Waals surface area contributed by atoms with Crippen molar-refractivity contribution >= 4 is 31.5 Å². The molecular formula is C59H38N2S. The first kappa shape index (κ1) is 36.2. The van der Waals surface area contributed by atoms with E-state index in [9.17, 15) is 0 Å². The molecule has 0 saturated heterocycles. The van der Waals surface area contributed by atoms with Crippen LogP contribution in [0, 0.1) is 0 Å². The normalized spacial score (nSPS) is 12.6. The van der Waals surface area contributed by atoms with Crippen LogP contribution >= 0.6 is 11.3 Å². The fourth-order valence-corrected chi connectivity index (χ4v) is 10.9. The second-order valence-corrected chi connectivity index (χ2v) is 17.1. The van der Waals surface area contributed by atoms with Gasteiger partial charge >= 0.3 is 0 Å². The van der Waals surface area contributed by atoms with Crippen LogP contribution in [0.25, 0.3) is 87.5 Å². The fraction of sp³-hybridized carbons (Fsp3) is 0.0169. The summed E-state index contributed by atoms with van der Waals surface area (Å²) in [6.45, 7) is 0. The highest BCUT2D eigenvalue weighted by molar-refractivity contribution is 7.25. The molecule has 11 aromatic rings. The predicted octanol–water partition coefficient (Wildman–Crippen LogP) is 15.5. The number of nitrogens with zero attached hydrogens (tertiary/aromatic N) is 2. The lowest BCUT2D eigenvalue weighted by Crippen LogP contribution is -2.28. The van der Waals surface area contributed by atoms with Gasteiger partial charge in [0.05, 0.1) is 16.8 Å². The number of thiophene rings is 1. The van der Waals surface area contributed by atoms with Gasteiger partial charge in [0.15, 0.2) is 5.82 Å². The highest BCUT2D eigenvalue weighted by Crippen LogP contribution is 2.56. The molecule has 3 heteroatoms. The minimum atomic E-state index is -0.504. The van der Waals surface area contributed by atoms with E-state index in [-0.39, 0.29) is 0 Å². The molecule has 1 aliphatic rings. The van der Waals surface area contributed by atoms with Crippen molar-refractivity contribution in [1.29, 1.82) is 0 Å². The molecule has 62 heavy (non-hydrogen) atoms. The average Bonchev–Trinajstić information content (AvgIpc) is 3.89. The lowest BCUT2D eigenvalue weighted by Gasteiger charge is -2.34. The SMILES string of the molecule is c1ccc(-c2nc(-c3cccc(-c4ccc(-c5cccc6sc7ccccc7c56)cc4)c3)cc(-c3ccc4c(c3)C(c3ccccc3)(c3ccccc3)c3ccccc3-4)n2)cc1. The van der Waals surface area contributed by atoms with Gasteiger partial charge in [-0.15, -0.1) is 11.3 Å². The van der Waals surface area contributed by atoms with E-state index in [0.717, 1.165) is 39.2 Å². The maximum atomic E-state index is 5.31. The molecular weight excluding hydrogens is 769 g/mol. The summed E-state index contributed by atoms with van der Waals surface area (Å²) in [5.41, 5.74) is 16.6. The van der Waals surface area contributed by atoms with Gasteiger partial charge in [-0.05, 0) is 86.0 Å². The van der Waals surface area contributed by atoms with Crippen LogP contribution in [0.15, 0.2) is 231 Å². The van der Waals surface area contributed by atoms with Gasteiger partial charge in [-0.3, -0.25) is 0 Å². The molecule has 0 amide bonds. The Kier molecular flexibility index (Phi) is 8.62. The van der Waals surface area contributed by atoms with Crippen LogP contribution < -0.4 is 0 Å². The Morgan fingerprint density at radius 1 is 0.323 bits per heavy atom. The monoisotopic (exact) mass is 806 g/mol. The maximum absolute atomic E-state index is 5.31. The number of fused-ring (bicyclic) bond motifs is 6. The number of aromatic nitrogens is 2. The Balaban J connectivity index is 0.980. The van der Waals surface area contributed by atoms with Crippen LogP contribution in [0.4, 0.5) is 0 Å². The standard InChI is InChI=1S/C59H38N2S/c1-4-16-41(17-5-1)58-60-53(43-19-14-18-42(36-43)39-30-32-40(33-31-39)47-26-15-29-56-57(47)50-25-11-13-28-55(50)62-56)38-54(61-58)44-34-35-49-48-24-10-12-27-51(48)59(52(49)37-44,45-20-6-2-7-21-45)46-22-8-3-9-23-46/h1-38H. The van der Waals surface area contributed by atoms with Crippen LogP contribution in [0.1, 0.15) is 22.3 Å². The van der Waals surface area contributed by atoms with Crippen LogP contribution in [0.3, 0.4) is 0 Å². The van der Waals surface area contributed by atoms with Crippen molar-refractivity contribution in [2.24, 2.45) is 0 Å². The molecule has 0 N–H and O–H groups in total. The quantitative estimate of drug-likeness (QED) is 0.160. The Labute approximate surface area is 365 Å². The number of hydrogen-bond donors (Lipinski definition) is 0. The highest BCUT2D eigenvalue weighted by atomic mass is 32.1. The molecule has 1 aliphatic carbocycles. The zero-order valence-electron chi connectivity index (χ0n) is 33.7. The van der Waals surface area contributed by atoms with E-state index >= 15 is 0 Å². The van der Waals surface area contributed by atoms with Gasteiger partial charge in [0, 0.05) is 36.9 Å². The van der Waals surface area contributed by atoms with Crippen molar-refractivity contribution in [3.63, 3.8) is 0 Å². The van der Waals surface area contributed by atoms with Crippen LogP contribution in [-0.2, 0) is 5.41 Å². The van der Waals surface area contributed by atoms with Crippen molar-refractivity contribution < 1.29 is 0 Å². The van der Waals surface area contributed by atoms with Gasteiger partial charge in [0.1, 0.15) is 0 Å². The van der Waals surface area contributed by atoms with Crippen LogP contribution in [0.5, 0.6) is 0 Å². The summed E-state index contributed by atoms with van der Waals surface area (Å²) in [6, 6.07) is 83.4. The molecule has 0 bridgehead atoms. The third-order valence-electron chi connectivity index (χ3n) is 12.6. The first-order valence-corrected chi connectivity index (χ1v) is 22.0. The zero-order valence-corrected chi connectivity index (χ0v) is 34.6. The second kappa shape index (κ2) is 14.8. The molecule has 0 spiro atoms.